The third kappa shape index (κ3) is 4.10. The largest absolute Gasteiger partial charge is 0.387 e. The van der Waals surface area contributed by atoms with Crippen molar-refractivity contribution in [3.63, 3.8) is 0 Å². The van der Waals surface area contributed by atoms with Gasteiger partial charge in [0.2, 0.25) is 5.91 Å². The van der Waals surface area contributed by atoms with E-state index in [1.165, 1.54) is 0 Å². The van der Waals surface area contributed by atoms with Gasteiger partial charge < -0.3 is 10.4 Å². The van der Waals surface area contributed by atoms with Crippen molar-refractivity contribution in [3.05, 3.63) is 48.0 Å². The van der Waals surface area contributed by atoms with Gasteiger partial charge in [-0.2, -0.15) is 0 Å². The number of aromatic nitrogens is 3. The van der Waals surface area contributed by atoms with Crippen molar-refractivity contribution in [2.45, 2.75) is 45.4 Å². The highest BCUT2D eigenvalue weighted by molar-refractivity contribution is 5.96. The molecule has 29 heavy (non-hydrogen) atoms. The monoisotopic (exact) mass is 395 g/mol. The molecule has 3 aromatic rings. The van der Waals surface area contributed by atoms with E-state index in [2.05, 4.69) is 20.3 Å². The van der Waals surface area contributed by atoms with Crippen molar-refractivity contribution in [1.82, 2.24) is 15.0 Å². The van der Waals surface area contributed by atoms with Crippen LogP contribution in [-0.2, 0) is 4.79 Å². The average molecular weight is 395 g/mol. The number of carbonyl (C=O) groups is 1. The smallest absolute Gasteiger partial charge is 0.231 e. The molecule has 2 unspecified atom stereocenters. The molecule has 1 amide bonds. The fourth-order valence-corrected chi connectivity index (χ4v) is 3.25. The maximum atomic E-state index is 13.0. The molecule has 150 valence electrons. The van der Waals surface area contributed by atoms with Crippen molar-refractivity contribution in [1.29, 1.82) is 0 Å². The molecule has 6 nitrogen and oxygen atoms in total. The molecule has 1 aliphatic rings. The number of pyridine rings is 3. The molecule has 7 heteroatoms. The van der Waals surface area contributed by atoms with E-state index in [0.29, 0.717) is 30.0 Å². The molecule has 0 aromatic carbocycles. The average Bonchev–Trinajstić information content (AvgIpc) is 3.44. The summed E-state index contributed by atoms with van der Waals surface area (Å²) in [6.07, 6.45) is 3.45. The summed E-state index contributed by atoms with van der Waals surface area (Å²) >= 11 is 0. The molecular formula is C22H23FN4O2. The van der Waals surface area contributed by atoms with E-state index in [1.807, 2.05) is 19.9 Å². The topological polar surface area (TPSA) is 88.0 Å². The van der Waals surface area contributed by atoms with E-state index in [1.54, 1.807) is 30.7 Å². The molecule has 2 N–H and O–H groups in total. The Morgan fingerprint density at radius 3 is 2.69 bits per heavy atom. The highest BCUT2D eigenvalue weighted by Crippen LogP contribution is 2.34. The summed E-state index contributed by atoms with van der Waals surface area (Å²) in [5.74, 6) is -0.549. The van der Waals surface area contributed by atoms with Crippen LogP contribution in [0.3, 0.4) is 0 Å². The van der Waals surface area contributed by atoms with Crippen LogP contribution in [0, 0.1) is 12.8 Å². The lowest BCUT2D eigenvalue weighted by molar-refractivity contribution is -0.117. The van der Waals surface area contributed by atoms with Crippen molar-refractivity contribution in [2.75, 3.05) is 5.32 Å². The highest BCUT2D eigenvalue weighted by atomic mass is 19.1. The number of fused-ring (bicyclic) bond motifs is 1. The summed E-state index contributed by atoms with van der Waals surface area (Å²) < 4.78 is 21.1. The summed E-state index contributed by atoms with van der Waals surface area (Å²) in [4.78, 5) is 24.9. The van der Waals surface area contributed by atoms with Gasteiger partial charge in [0.15, 0.2) is 0 Å². The minimum absolute atomic E-state index is 0.270. The molecule has 1 fully saturated rings. The standard InChI is InChI=1S/C22H23FN4O2/c1-3-4-20(28)19-5-12(2)16(11-25-19)18-6-13-10-26-21(7-14(13)9-24-18)27-22(29)15-8-17(15)23/h5-7,9-11,15,17,20,28H,3-4,8H2,1-2H3,(H,26,27,29)/t15?,17?,20-/m1/s1/i20D. The molecule has 1 aliphatic carbocycles. The Hall–Kier alpha value is -2.93. The van der Waals surface area contributed by atoms with Crippen LogP contribution in [0.2, 0.25) is 0 Å². The Morgan fingerprint density at radius 2 is 2.00 bits per heavy atom. The zero-order chi connectivity index (χ0) is 21.5. The zero-order valence-corrected chi connectivity index (χ0v) is 16.3. The second-order valence-corrected chi connectivity index (χ2v) is 7.41. The van der Waals surface area contributed by atoms with Crippen LogP contribution in [0.25, 0.3) is 22.0 Å². The van der Waals surface area contributed by atoms with Crippen molar-refractivity contribution in [3.8, 4) is 11.3 Å². The van der Waals surface area contributed by atoms with Crippen LogP contribution in [0.4, 0.5) is 10.2 Å². The third-order valence-corrected chi connectivity index (χ3v) is 5.07. The van der Waals surface area contributed by atoms with Crippen LogP contribution in [-0.4, -0.2) is 32.1 Å². The minimum Gasteiger partial charge on any atom is -0.387 e. The van der Waals surface area contributed by atoms with E-state index >= 15 is 0 Å². The summed E-state index contributed by atoms with van der Waals surface area (Å²) in [7, 11) is 0. The quantitative estimate of drug-likeness (QED) is 0.655. The first kappa shape index (κ1) is 18.1. The number of halogens is 1. The van der Waals surface area contributed by atoms with Gasteiger partial charge in [-0.3, -0.25) is 14.8 Å². The van der Waals surface area contributed by atoms with E-state index in [4.69, 9.17) is 1.37 Å². The van der Waals surface area contributed by atoms with Gasteiger partial charge in [-0.15, -0.1) is 0 Å². The number of hydrogen-bond acceptors (Lipinski definition) is 5. The molecule has 0 radical (unpaired) electrons. The summed E-state index contributed by atoms with van der Waals surface area (Å²) in [5, 5.41) is 14.6. The molecule has 1 saturated carbocycles. The van der Waals surface area contributed by atoms with Crippen LogP contribution < -0.4 is 5.32 Å². The predicted octanol–water partition coefficient (Wildman–Crippen LogP) is 4.13. The first-order valence-electron chi connectivity index (χ1n) is 10.2. The van der Waals surface area contributed by atoms with Crippen LogP contribution in [0.15, 0.2) is 36.8 Å². The Kier molecular flexibility index (Phi) is 4.89. The Labute approximate surface area is 169 Å². The molecule has 4 rings (SSSR count). The van der Waals surface area contributed by atoms with Crippen LogP contribution in [0.5, 0.6) is 0 Å². The van der Waals surface area contributed by atoms with Gasteiger partial charge in [0.05, 0.1) is 24.8 Å². The Bertz CT molecular complexity index is 1120. The number of aliphatic hydroxyl groups is 1. The van der Waals surface area contributed by atoms with Gasteiger partial charge in [0, 0.05) is 34.9 Å². The minimum atomic E-state index is -1.71. The highest BCUT2D eigenvalue weighted by Gasteiger charge is 2.43. The summed E-state index contributed by atoms with van der Waals surface area (Å²) in [5.41, 5.74) is 2.67. The zero-order valence-electron chi connectivity index (χ0n) is 17.3. The van der Waals surface area contributed by atoms with Gasteiger partial charge in [-0.25, -0.2) is 9.37 Å². The van der Waals surface area contributed by atoms with E-state index in [9.17, 15) is 14.3 Å². The number of alkyl halides is 1. The number of aryl methyl sites for hydroxylation is 1. The number of rotatable bonds is 6. The third-order valence-electron chi connectivity index (χ3n) is 5.07. The van der Waals surface area contributed by atoms with E-state index in [-0.39, 0.29) is 12.3 Å². The Balaban J connectivity index is 1.59. The van der Waals surface area contributed by atoms with Gasteiger partial charge in [0.25, 0.3) is 0 Å². The maximum absolute atomic E-state index is 13.0. The first-order valence-corrected chi connectivity index (χ1v) is 9.69. The van der Waals surface area contributed by atoms with E-state index < -0.39 is 18.2 Å². The molecule has 3 atom stereocenters. The van der Waals surface area contributed by atoms with Gasteiger partial charge in [-0.1, -0.05) is 13.3 Å². The fraction of sp³-hybridized carbons (Fsp3) is 0.364. The fourth-order valence-electron chi connectivity index (χ4n) is 3.25. The lowest BCUT2D eigenvalue weighted by Gasteiger charge is -2.12. The first-order chi connectivity index (χ1) is 14.3. The van der Waals surface area contributed by atoms with Gasteiger partial charge >= 0.3 is 0 Å². The molecular weight excluding hydrogens is 371 g/mol. The van der Waals surface area contributed by atoms with Crippen molar-refractivity contribution in [2.24, 2.45) is 5.92 Å². The molecule has 0 saturated heterocycles. The SMILES string of the molecule is [2H][C@@](O)(CCC)c1cc(C)c(-c2cc3cnc(NC(=O)C4CC4F)cc3cn2)cn1. The lowest BCUT2D eigenvalue weighted by Crippen LogP contribution is -2.15. The number of carbonyl (C=O) groups excluding carboxylic acids is 1. The maximum Gasteiger partial charge on any atom is 0.231 e. The number of nitrogens with zero attached hydrogens (tertiary/aromatic N) is 3. The molecule has 3 aromatic heterocycles. The molecule has 0 bridgehead atoms. The number of anilines is 1. The predicted molar refractivity (Wildman–Crippen MR) is 109 cm³/mol. The van der Waals surface area contributed by atoms with E-state index in [0.717, 1.165) is 21.9 Å². The summed E-state index contributed by atoms with van der Waals surface area (Å²) in [6.45, 7) is 3.80. The second kappa shape index (κ2) is 7.83. The molecule has 0 aliphatic heterocycles. The molecule has 3 heterocycles. The van der Waals surface area contributed by atoms with Gasteiger partial charge in [0.1, 0.15) is 12.0 Å². The second-order valence-electron chi connectivity index (χ2n) is 7.41. The normalized spacial score (nSPS) is 20.8. The molecule has 0 spiro atoms. The van der Waals surface area contributed by atoms with Crippen LogP contribution >= 0.6 is 0 Å². The number of nitrogens with one attached hydrogen (secondary N) is 1. The lowest BCUT2D eigenvalue weighted by atomic mass is 10.0. The number of hydrogen-bond donors (Lipinski definition) is 2. The summed E-state index contributed by atoms with van der Waals surface area (Å²) in [6, 6.07) is 5.30. The van der Waals surface area contributed by atoms with Crippen LogP contribution in [0.1, 0.15) is 44.9 Å². The van der Waals surface area contributed by atoms with Crippen molar-refractivity contribution >= 4 is 22.5 Å². The van der Waals surface area contributed by atoms with Crippen molar-refractivity contribution < 1.29 is 15.7 Å². The van der Waals surface area contributed by atoms with Gasteiger partial charge in [-0.05, 0) is 43.5 Å². The Morgan fingerprint density at radius 1 is 1.28 bits per heavy atom. The number of amides is 1.